The number of aromatic nitrogens is 2. The van der Waals surface area contributed by atoms with Gasteiger partial charge in [-0.05, 0) is 55.5 Å². The number of nitrogens with one attached hydrogen (secondary N) is 1. The summed E-state index contributed by atoms with van der Waals surface area (Å²) >= 11 is 6.33. The van der Waals surface area contributed by atoms with Gasteiger partial charge in [0.1, 0.15) is 5.75 Å². The number of anilines is 2. The molecule has 4 aromatic carbocycles. The predicted octanol–water partition coefficient (Wildman–Crippen LogP) is 7.64. The standard InChI is InChI=1S/C32H25ClN6O/c1-20-28-29(24-15-6-9-18-27(24)40-2)38-26-17-8-7-16-25(26)35-30(34-22-12-10-11-21(33)19-22)32(38)36-31(28)39(37-20)23-13-4-3-5-14-23/h3-19,29H,1-2H3,(H,34,35)/t29-/m0/s1. The number of nitrogens with zero attached hydrogens (tertiary/aromatic N) is 5. The van der Waals surface area contributed by atoms with Crippen LogP contribution in [0.15, 0.2) is 113 Å². The Morgan fingerprint density at radius 3 is 2.45 bits per heavy atom. The summed E-state index contributed by atoms with van der Waals surface area (Å²) in [4.78, 5) is 12.5. The Hall–Kier alpha value is -4.88. The van der Waals surface area contributed by atoms with Crippen LogP contribution in [0.5, 0.6) is 5.75 Å². The molecule has 0 unspecified atom stereocenters. The third-order valence-electron chi connectivity index (χ3n) is 7.16. The highest BCUT2D eigenvalue weighted by Gasteiger charge is 2.42. The number of ether oxygens (including phenoxy) is 1. The molecule has 0 spiro atoms. The molecule has 7 rings (SSSR count). The van der Waals surface area contributed by atoms with Gasteiger partial charge in [-0.25, -0.2) is 14.7 Å². The van der Waals surface area contributed by atoms with E-state index in [1.807, 2.05) is 103 Å². The Bertz CT molecular complexity index is 1810. The van der Waals surface area contributed by atoms with Crippen LogP contribution in [0.25, 0.3) is 5.69 Å². The summed E-state index contributed by atoms with van der Waals surface area (Å²) in [5.41, 5.74) is 6.45. The van der Waals surface area contributed by atoms with Crippen molar-refractivity contribution in [2.45, 2.75) is 13.0 Å². The summed E-state index contributed by atoms with van der Waals surface area (Å²) in [6.45, 7) is 2.04. The molecule has 5 aromatic rings. The van der Waals surface area contributed by atoms with E-state index < -0.39 is 0 Å². The summed E-state index contributed by atoms with van der Waals surface area (Å²) in [5.74, 6) is 2.84. The predicted molar refractivity (Wildman–Crippen MR) is 161 cm³/mol. The van der Waals surface area contributed by atoms with Crippen LogP contribution in [0.2, 0.25) is 5.02 Å². The van der Waals surface area contributed by atoms with E-state index in [2.05, 4.69) is 22.3 Å². The maximum absolute atomic E-state index is 6.33. The van der Waals surface area contributed by atoms with Gasteiger partial charge in [0.25, 0.3) is 0 Å². The van der Waals surface area contributed by atoms with Crippen molar-refractivity contribution in [1.82, 2.24) is 9.78 Å². The fraction of sp³-hybridized carbons (Fsp3) is 0.0938. The molecule has 3 heterocycles. The molecule has 8 heteroatoms. The molecule has 7 nitrogen and oxygen atoms in total. The molecule has 0 saturated carbocycles. The SMILES string of the molecule is COc1ccccc1[C@H]1c2c(C)nn(-c3ccccc3)c2N=C2C(Nc3cccc(Cl)c3)=Nc3ccccc3N21. The maximum Gasteiger partial charge on any atom is 0.179 e. The number of aryl methyl sites for hydroxylation is 1. The van der Waals surface area contributed by atoms with Crippen molar-refractivity contribution in [2.24, 2.45) is 9.98 Å². The highest BCUT2D eigenvalue weighted by Crippen LogP contribution is 2.49. The quantitative estimate of drug-likeness (QED) is 0.252. The molecule has 0 fully saturated rings. The second-order valence-corrected chi connectivity index (χ2v) is 10.0. The van der Waals surface area contributed by atoms with E-state index in [0.717, 1.165) is 51.1 Å². The van der Waals surface area contributed by atoms with Gasteiger partial charge in [0.15, 0.2) is 17.5 Å². The zero-order valence-electron chi connectivity index (χ0n) is 21.9. The van der Waals surface area contributed by atoms with E-state index >= 15 is 0 Å². The van der Waals surface area contributed by atoms with Crippen LogP contribution in [0.3, 0.4) is 0 Å². The molecule has 1 atom stereocenters. The number of hydrogen-bond donors (Lipinski definition) is 1. The van der Waals surface area contributed by atoms with Gasteiger partial charge in [0.2, 0.25) is 0 Å². The molecule has 0 aliphatic carbocycles. The van der Waals surface area contributed by atoms with Crippen LogP contribution in [0.1, 0.15) is 22.9 Å². The minimum atomic E-state index is -0.274. The minimum absolute atomic E-state index is 0.274. The van der Waals surface area contributed by atoms with Gasteiger partial charge in [-0.1, -0.05) is 66.2 Å². The Morgan fingerprint density at radius 1 is 0.850 bits per heavy atom. The lowest BCUT2D eigenvalue weighted by atomic mass is 9.92. The average molecular weight is 545 g/mol. The summed E-state index contributed by atoms with van der Waals surface area (Å²) in [6.07, 6.45) is 0. The number of halogens is 1. The topological polar surface area (TPSA) is 67.0 Å². The molecule has 2 aliphatic heterocycles. The largest absolute Gasteiger partial charge is 0.496 e. The zero-order valence-corrected chi connectivity index (χ0v) is 22.7. The van der Waals surface area contributed by atoms with E-state index in [1.165, 1.54) is 0 Å². The molecule has 1 aromatic heterocycles. The van der Waals surface area contributed by atoms with Crippen LogP contribution in [0.4, 0.5) is 22.9 Å². The first kappa shape index (κ1) is 24.2. The number of methoxy groups -OCH3 is 1. The number of benzene rings is 4. The third kappa shape index (κ3) is 3.94. The molecular weight excluding hydrogens is 520 g/mol. The van der Waals surface area contributed by atoms with Gasteiger partial charge in [0, 0.05) is 21.8 Å². The van der Waals surface area contributed by atoms with E-state index in [0.29, 0.717) is 16.7 Å². The molecule has 2 aliphatic rings. The second-order valence-electron chi connectivity index (χ2n) is 9.60. The van der Waals surface area contributed by atoms with Crippen LogP contribution in [0, 0.1) is 6.92 Å². The number of rotatable bonds is 4. The first-order valence-corrected chi connectivity index (χ1v) is 13.4. The highest BCUT2D eigenvalue weighted by atomic mass is 35.5. The zero-order chi connectivity index (χ0) is 27.2. The molecule has 1 N–H and O–H groups in total. The van der Waals surface area contributed by atoms with Gasteiger partial charge in [0.05, 0.1) is 35.9 Å². The second kappa shape index (κ2) is 9.70. The van der Waals surface area contributed by atoms with Crippen molar-refractivity contribution >= 4 is 46.2 Å². The van der Waals surface area contributed by atoms with E-state index in [4.69, 9.17) is 31.4 Å². The van der Waals surface area contributed by atoms with Gasteiger partial charge in [-0.2, -0.15) is 5.10 Å². The van der Waals surface area contributed by atoms with Gasteiger partial charge >= 0.3 is 0 Å². The van der Waals surface area contributed by atoms with Gasteiger partial charge < -0.3 is 15.0 Å². The highest BCUT2D eigenvalue weighted by molar-refractivity contribution is 6.51. The lowest BCUT2D eigenvalue weighted by molar-refractivity contribution is 0.407. The molecule has 196 valence electrons. The molecule has 0 amide bonds. The van der Waals surface area contributed by atoms with Crippen LogP contribution >= 0.6 is 11.6 Å². The fourth-order valence-electron chi connectivity index (χ4n) is 5.44. The smallest absolute Gasteiger partial charge is 0.179 e. The minimum Gasteiger partial charge on any atom is -0.496 e. The van der Waals surface area contributed by atoms with Crippen molar-refractivity contribution in [3.8, 4) is 11.4 Å². The van der Waals surface area contributed by atoms with Crippen molar-refractivity contribution < 1.29 is 4.74 Å². The summed E-state index contributed by atoms with van der Waals surface area (Å²) in [6, 6.07) is 33.6. The van der Waals surface area contributed by atoms with Gasteiger partial charge in [-0.15, -0.1) is 0 Å². The van der Waals surface area contributed by atoms with Crippen molar-refractivity contribution in [2.75, 3.05) is 17.3 Å². The summed E-state index contributed by atoms with van der Waals surface area (Å²) < 4.78 is 7.81. The molecule has 0 saturated heterocycles. The molecule has 40 heavy (non-hydrogen) atoms. The summed E-state index contributed by atoms with van der Waals surface area (Å²) in [5, 5.41) is 9.12. The number of para-hydroxylation sites is 4. The molecule has 0 bridgehead atoms. The van der Waals surface area contributed by atoms with E-state index in [-0.39, 0.29) is 6.04 Å². The first-order valence-electron chi connectivity index (χ1n) is 13.0. The maximum atomic E-state index is 6.33. The van der Waals surface area contributed by atoms with Crippen LogP contribution in [-0.4, -0.2) is 28.6 Å². The van der Waals surface area contributed by atoms with Crippen molar-refractivity contribution in [3.63, 3.8) is 0 Å². The lowest BCUT2D eigenvalue weighted by Gasteiger charge is -2.41. The summed E-state index contributed by atoms with van der Waals surface area (Å²) in [7, 11) is 1.70. The average Bonchev–Trinajstić information content (AvgIpc) is 3.32. The van der Waals surface area contributed by atoms with Crippen LogP contribution < -0.4 is 15.0 Å². The van der Waals surface area contributed by atoms with Crippen LogP contribution in [-0.2, 0) is 0 Å². The Morgan fingerprint density at radius 2 is 1.62 bits per heavy atom. The molecule has 0 radical (unpaired) electrons. The number of aliphatic imine (C=N–C) groups is 2. The Labute approximate surface area is 237 Å². The number of fused-ring (bicyclic) bond motifs is 4. The Balaban J connectivity index is 1.52. The first-order chi connectivity index (χ1) is 19.6. The fourth-order valence-corrected chi connectivity index (χ4v) is 5.63. The third-order valence-corrected chi connectivity index (χ3v) is 7.39. The van der Waals surface area contributed by atoms with Gasteiger partial charge in [-0.3, -0.25) is 0 Å². The van der Waals surface area contributed by atoms with E-state index in [1.54, 1.807) is 7.11 Å². The monoisotopic (exact) mass is 544 g/mol. The van der Waals surface area contributed by atoms with Crippen molar-refractivity contribution in [3.05, 3.63) is 125 Å². The van der Waals surface area contributed by atoms with Crippen molar-refractivity contribution in [1.29, 1.82) is 0 Å². The number of hydrogen-bond acceptors (Lipinski definition) is 6. The Kier molecular flexibility index (Phi) is 5.86. The lowest BCUT2D eigenvalue weighted by Crippen LogP contribution is -2.46. The number of amidine groups is 2. The van der Waals surface area contributed by atoms with E-state index in [9.17, 15) is 0 Å². The normalized spacial score (nSPS) is 15.4. The molecular formula is C32H25ClN6O.